The lowest BCUT2D eigenvalue weighted by Gasteiger charge is -1.99. The zero-order chi connectivity index (χ0) is 9.97. The van der Waals surface area contributed by atoms with Crippen molar-refractivity contribution in [1.82, 2.24) is 9.97 Å². The molecule has 0 unspecified atom stereocenters. The first-order valence-electron chi connectivity index (χ1n) is 4.00. The average Bonchev–Trinajstić information content (AvgIpc) is 2.19. The molecule has 0 bridgehead atoms. The van der Waals surface area contributed by atoms with Crippen molar-refractivity contribution in [3.63, 3.8) is 0 Å². The van der Waals surface area contributed by atoms with E-state index in [-0.39, 0.29) is 5.82 Å². The van der Waals surface area contributed by atoms with Crippen molar-refractivity contribution < 1.29 is 4.39 Å². The second-order valence-electron chi connectivity index (χ2n) is 2.71. The van der Waals surface area contributed by atoms with Gasteiger partial charge in [0.25, 0.3) is 0 Å². The van der Waals surface area contributed by atoms with Gasteiger partial charge in [-0.15, -0.1) is 0 Å². The normalized spacial score (nSPS) is 10.1. The molecule has 2 aromatic rings. The summed E-state index contributed by atoms with van der Waals surface area (Å²) in [7, 11) is 0. The third-order valence-corrected chi connectivity index (χ3v) is 2.17. The zero-order valence-corrected chi connectivity index (χ0v) is 8.70. The van der Waals surface area contributed by atoms with Crippen LogP contribution in [0.5, 0.6) is 0 Å². The maximum absolute atomic E-state index is 12.6. The van der Waals surface area contributed by atoms with E-state index in [0.717, 1.165) is 5.56 Å². The Morgan fingerprint density at radius 2 is 1.79 bits per heavy atom. The molecule has 0 N–H and O–H groups in total. The number of halogens is 2. The molecule has 0 saturated carbocycles. The summed E-state index contributed by atoms with van der Waals surface area (Å²) in [5.74, 6) is 0.322. The quantitative estimate of drug-likeness (QED) is 0.730. The van der Waals surface area contributed by atoms with Crippen molar-refractivity contribution in [2.75, 3.05) is 0 Å². The number of benzene rings is 1. The SMILES string of the molecule is Fc1ccc(-c2nccc(Br)n2)cc1. The lowest BCUT2D eigenvalue weighted by molar-refractivity contribution is 0.628. The highest BCUT2D eigenvalue weighted by atomic mass is 79.9. The van der Waals surface area contributed by atoms with E-state index >= 15 is 0 Å². The first-order chi connectivity index (χ1) is 6.75. The summed E-state index contributed by atoms with van der Waals surface area (Å²) in [6.45, 7) is 0. The molecule has 1 heterocycles. The molecule has 0 saturated heterocycles. The lowest BCUT2D eigenvalue weighted by atomic mass is 10.2. The Kier molecular flexibility index (Phi) is 2.54. The molecule has 70 valence electrons. The zero-order valence-electron chi connectivity index (χ0n) is 7.11. The van der Waals surface area contributed by atoms with Gasteiger partial charge in [-0.1, -0.05) is 0 Å². The Bertz CT molecular complexity index is 442. The first kappa shape index (κ1) is 9.27. The van der Waals surface area contributed by atoms with E-state index < -0.39 is 0 Å². The molecule has 14 heavy (non-hydrogen) atoms. The maximum Gasteiger partial charge on any atom is 0.160 e. The molecule has 4 heteroatoms. The van der Waals surface area contributed by atoms with Crippen LogP contribution in [0.2, 0.25) is 0 Å². The molecule has 0 spiro atoms. The highest BCUT2D eigenvalue weighted by Crippen LogP contribution is 2.16. The molecule has 0 amide bonds. The van der Waals surface area contributed by atoms with Gasteiger partial charge in [0.15, 0.2) is 5.82 Å². The summed E-state index contributed by atoms with van der Waals surface area (Å²) in [5, 5.41) is 0. The van der Waals surface area contributed by atoms with Gasteiger partial charge in [0.05, 0.1) is 0 Å². The summed E-state index contributed by atoms with van der Waals surface area (Å²) in [6, 6.07) is 7.82. The highest BCUT2D eigenvalue weighted by Gasteiger charge is 2.00. The summed E-state index contributed by atoms with van der Waals surface area (Å²) >= 11 is 3.25. The van der Waals surface area contributed by atoms with Crippen LogP contribution in [0.25, 0.3) is 11.4 Å². The van der Waals surface area contributed by atoms with Crippen LogP contribution in [0.1, 0.15) is 0 Å². The fraction of sp³-hybridized carbons (Fsp3) is 0. The van der Waals surface area contributed by atoms with E-state index in [2.05, 4.69) is 25.9 Å². The molecule has 1 aromatic heterocycles. The van der Waals surface area contributed by atoms with Crippen LogP contribution >= 0.6 is 15.9 Å². The summed E-state index contributed by atoms with van der Waals surface area (Å²) < 4.78 is 13.3. The van der Waals surface area contributed by atoms with Crippen LogP contribution in [0.4, 0.5) is 4.39 Å². The predicted octanol–water partition coefficient (Wildman–Crippen LogP) is 3.05. The van der Waals surface area contributed by atoms with Crippen molar-refractivity contribution >= 4 is 15.9 Å². The highest BCUT2D eigenvalue weighted by molar-refractivity contribution is 9.10. The van der Waals surface area contributed by atoms with Gasteiger partial charge in [0.1, 0.15) is 10.4 Å². The number of hydrogen-bond donors (Lipinski definition) is 0. The average molecular weight is 253 g/mol. The Balaban J connectivity index is 2.44. The van der Waals surface area contributed by atoms with Gasteiger partial charge in [0, 0.05) is 11.8 Å². The minimum absolute atomic E-state index is 0.260. The number of nitrogens with zero attached hydrogens (tertiary/aromatic N) is 2. The van der Waals surface area contributed by atoms with Gasteiger partial charge in [-0.25, -0.2) is 14.4 Å². The van der Waals surface area contributed by atoms with Crippen LogP contribution < -0.4 is 0 Å². The third-order valence-electron chi connectivity index (χ3n) is 1.72. The van der Waals surface area contributed by atoms with Crippen LogP contribution in [-0.4, -0.2) is 9.97 Å². The van der Waals surface area contributed by atoms with Crippen LogP contribution in [0.15, 0.2) is 41.1 Å². The molecule has 0 aliphatic heterocycles. The van der Waals surface area contributed by atoms with Gasteiger partial charge < -0.3 is 0 Å². The standard InChI is InChI=1S/C10H6BrFN2/c11-9-5-6-13-10(14-9)7-1-3-8(12)4-2-7/h1-6H. The third kappa shape index (κ3) is 1.96. The van der Waals surface area contributed by atoms with Gasteiger partial charge in [0.2, 0.25) is 0 Å². The van der Waals surface area contributed by atoms with E-state index in [9.17, 15) is 4.39 Å². The van der Waals surface area contributed by atoms with Gasteiger partial charge in [-0.2, -0.15) is 0 Å². The molecular formula is C10H6BrFN2. The summed E-state index contributed by atoms with van der Waals surface area (Å²) in [4.78, 5) is 8.23. The largest absolute Gasteiger partial charge is 0.237 e. The summed E-state index contributed by atoms with van der Waals surface area (Å²) in [5.41, 5.74) is 0.799. The fourth-order valence-electron chi connectivity index (χ4n) is 1.07. The molecule has 0 radical (unpaired) electrons. The minimum atomic E-state index is -0.260. The molecule has 2 rings (SSSR count). The maximum atomic E-state index is 12.6. The smallest absolute Gasteiger partial charge is 0.160 e. The second-order valence-corrected chi connectivity index (χ2v) is 3.52. The molecule has 0 aliphatic rings. The molecule has 1 aromatic carbocycles. The number of rotatable bonds is 1. The lowest BCUT2D eigenvalue weighted by Crippen LogP contribution is -1.88. The van der Waals surface area contributed by atoms with Crippen LogP contribution in [0.3, 0.4) is 0 Å². The van der Waals surface area contributed by atoms with Crippen molar-refractivity contribution in [1.29, 1.82) is 0 Å². The predicted molar refractivity (Wildman–Crippen MR) is 55.1 cm³/mol. The second kappa shape index (κ2) is 3.84. The van der Waals surface area contributed by atoms with E-state index in [1.807, 2.05) is 0 Å². The van der Waals surface area contributed by atoms with E-state index in [1.165, 1.54) is 12.1 Å². The number of hydrogen-bond acceptors (Lipinski definition) is 2. The Hall–Kier alpha value is -1.29. The van der Waals surface area contributed by atoms with E-state index in [4.69, 9.17) is 0 Å². The topological polar surface area (TPSA) is 25.8 Å². The first-order valence-corrected chi connectivity index (χ1v) is 4.79. The molecular weight excluding hydrogens is 247 g/mol. The molecule has 0 aliphatic carbocycles. The van der Waals surface area contributed by atoms with E-state index in [1.54, 1.807) is 24.4 Å². The van der Waals surface area contributed by atoms with Gasteiger partial charge >= 0.3 is 0 Å². The summed E-state index contributed by atoms with van der Waals surface area (Å²) in [6.07, 6.45) is 1.65. The number of aromatic nitrogens is 2. The van der Waals surface area contributed by atoms with Crippen molar-refractivity contribution in [3.8, 4) is 11.4 Å². The monoisotopic (exact) mass is 252 g/mol. The van der Waals surface area contributed by atoms with Crippen LogP contribution in [0, 0.1) is 5.82 Å². The Labute approximate surface area is 89.0 Å². The van der Waals surface area contributed by atoms with Crippen molar-refractivity contribution in [3.05, 3.63) is 46.9 Å². The van der Waals surface area contributed by atoms with E-state index in [0.29, 0.717) is 10.4 Å². The van der Waals surface area contributed by atoms with Crippen molar-refractivity contribution in [2.45, 2.75) is 0 Å². The molecule has 2 nitrogen and oxygen atoms in total. The molecule has 0 atom stereocenters. The minimum Gasteiger partial charge on any atom is -0.237 e. The van der Waals surface area contributed by atoms with Crippen molar-refractivity contribution in [2.24, 2.45) is 0 Å². The fourth-order valence-corrected chi connectivity index (χ4v) is 1.36. The molecule has 0 fully saturated rings. The Morgan fingerprint density at radius 1 is 1.07 bits per heavy atom. The van der Waals surface area contributed by atoms with Gasteiger partial charge in [-0.05, 0) is 46.3 Å². The van der Waals surface area contributed by atoms with Crippen LogP contribution in [-0.2, 0) is 0 Å². The Morgan fingerprint density at radius 3 is 2.43 bits per heavy atom. The van der Waals surface area contributed by atoms with Gasteiger partial charge in [-0.3, -0.25) is 0 Å².